The maximum Gasteiger partial charge on any atom is 0.228 e. The first-order valence-electron chi connectivity index (χ1n) is 8.20. The molecule has 4 nitrogen and oxygen atoms in total. The van der Waals surface area contributed by atoms with E-state index in [1.165, 1.54) is 0 Å². The highest BCUT2D eigenvalue weighted by Crippen LogP contribution is 2.49. The number of fused-ring (bicyclic) bond motifs is 8. The third kappa shape index (κ3) is 1.64. The molecule has 24 heavy (non-hydrogen) atoms. The van der Waals surface area contributed by atoms with Crippen molar-refractivity contribution in [1.82, 2.24) is 9.55 Å². The van der Waals surface area contributed by atoms with E-state index in [1.54, 1.807) is 0 Å². The quantitative estimate of drug-likeness (QED) is 0.603. The summed E-state index contributed by atoms with van der Waals surface area (Å²) in [6, 6.07) is 13.8. The van der Waals surface area contributed by atoms with Crippen molar-refractivity contribution in [2.45, 2.75) is 31.8 Å². The fourth-order valence-electron chi connectivity index (χ4n) is 4.25. The van der Waals surface area contributed by atoms with Crippen LogP contribution in [0.15, 0.2) is 42.5 Å². The average molecular weight is 338 g/mol. The molecule has 120 valence electrons. The summed E-state index contributed by atoms with van der Waals surface area (Å²) < 4.78 is 2.23. The van der Waals surface area contributed by atoms with E-state index in [1.807, 2.05) is 41.3 Å². The fourth-order valence-corrected chi connectivity index (χ4v) is 4.41. The third-order valence-corrected chi connectivity index (χ3v) is 5.49. The Labute approximate surface area is 144 Å². The Morgan fingerprint density at radius 1 is 1.21 bits per heavy atom. The van der Waals surface area contributed by atoms with Gasteiger partial charge in [0.1, 0.15) is 11.5 Å². The Morgan fingerprint density at radius 2 is 2.04 bits per heavy atom. The SMILES string of the molecule is CC12CCCC(=O)N1c1cc(Cl)ccc1-c1nc3ccccc3n12. The predicted molar refractivity (Wildman–Crippen MR) is 95.2 cm³/mol. The highest BCUT2D eigenvalue weighted by molar-refractivity contribution is 6.31. The standard InChI is InChI=1S/C19H16ClN3O/c1-19-10-4-7-17(24)22(19)16-11-12(20)8-9-13(16)18-21-14-5-2-3-6-15(14)23(18)19/h2-3,5-6,8-9,11H,4,7,10H2,1H3. The van der Waals surface area contributed by atoms with Gasteiger partial charge in [-0.3, -0.25) is 14.3 Å². The largest absolute Gasteiger partial charge is 0.300 e. The highest BCUT2D eigenvalue weighted by Gasteiger charge is 2.47. The van der Waals surface area contributed by atoms with E-state index in [9.17, 15) is 4.79 Å². The first kappa shape index (κ1) is 14.1. The number of aromatic nitrogens is 2. The van der Waals surface area contributed by atoms with Crippen molar-refractivity contribution in [3.05, 3.63) is 47.5 Å². The first-order chi connectivity index (χ1) is 11.6. The van der Waals surface area contributed by atoms with E-state index in [4.69, 9.17) is 16.6 Å². The van der Waals surface area contributed by atoms with Gasteiger partial charge in [-0.2, -0.15) is 0 Å². The molecule has 0 radical (unpaired) electrons. The second-order valence-electron chi connectivity index (χ2n) is 6.72. The van der Waals surface area contributed by atoms with Crippen LogP contribution in [0.3, 0.4) is 0 Å². The summed E-state index contributed by atoms with van der Waals surface area (Å²) in [5, 5.41) is 0.638. The number of amides is 1. The van der Waals surface area contributed by atoms with Gasteiger partial charge < -0.3 is 0 Å². The molecule has 1 atom stereocenters. The Bertz CT molecular complexity index is 1010. The second-order valence-corrected chi connectivity index (χ2v) is 7.16. The number of carbonyl (C=O) groups is 1. The number of rotatable bonds is 0. The summed E-state index contributed by atoms with van der Waals surface area (Å²) in [5.74, 6) is 1.06. The van der Waals surface area contributed by atoms with Crippen LogP contribution in [0.4, 0.5) is 5.69 Å². The molecule has 1 saturated heterocycles. The summed E-state index contributed by atoms with van der Waals surface area (Å²) in [6.45, 7) is 2.13. The Hall–Kier alpha value is -2.33. The molecule has 1 fully saturated rings. The molecular weight excluding hydrogens is 322 g/mol. The monoisotopic (exact) mass is 337 g/mol. The van der Waals surface area contributed by atoms with Gasteiger partial charge in [0.2, 0.25) is 5.91 Å². The number of benzene rings is 2. The Balaban J connectivity index is 1.94. The van der Waals surface area contributed by atoms with Crippen LogP contribution in [-0.2, 0) is 10.5 Å². The number of carbonyl (C=O) groups excluding carboxylic acids is 1. The van der Waals surface area contributed by atoms with Gasteiger partial charge >= 0.3 is 0 Å². The predicted octanol–water partition coefficient (Wildman–Crippen LogP) is 4.56. The van der Waals surface area contributed by atoms with Gasteiger partial charge in [0, 0.05) is 17.0 Å². The first-order valence-corrected chi connectivity index (χ1v) is 8.58. The van der Waals surface area contributed by atoms with E-state index < -0.39 is 5.66 Å². The zero-order valence-electron chi connectivity index (χ0n) is 13.3. The number of anilines is 1. The van der Waals surface area contributed by atoms with Crippen molar-refractivity contribution in [2.24, 2.45) is 0 Å². The molecule has 3 aromatic rings. The number of imidazole rings is 1. The number of halogens is 1. The molecule has 1 aromatic heterocycles. The maximum atomic E-state index is 12.8. The van der Waals surface area contributed by atoms with Gasteiger partial charge in [0.05, 0.1) is 16.7 Å². The third-order valence-electron chi connectivity index (χ3n) is 5.26. The smallest absolute Gasteiger partial charge is 0.228 e. The molecule has 0 bridgehead atoms. The molecule has 0 N–H and O–H groups in total. The van der Waals surface area contributed by atoms with E-state index in [0.29, 0.717) is 11.4 Å². The van der Waals surface area contributed by atoms with Crippen LogP contribution in [0.25, 0.3) is 22.4 Å². The number of nitrogens with zero attached hydrogens (tertiary/aromatic N) is 3. The molecule has 0 saturated carbocycles. The Morgan fingerprint density at radius 3 is 2.92 bits per heavy atom. The fraction of sp³-hybridized carbons (Fsp3) is 0.263. The van der Waals surface area contributed by atoms with Gasteiger partial charge in [-0.15, -0.1) is 0 Å². The second kappa shape index (κ2) is 4.61. The number of piperidine rings is 1. The summed E-state index contributed by atoms with van der Waals surface area (Å²) >= 11 is 6.24. The lowest BCUT2D eigenvalue weighted by Crippen LogP contribution is -2.56. The van der Waals surface area contributed by atoms with Crippen LogP contribution in [0.5, 0.6) is 0 Å². The summed E-state index contributed by atoms with van der Waals surface area (Å²) in [5.41, 5.74) is 3.41. The molecule has 2 aliphatic rings. The van der Waals surface area contributed by atoms with E-state index in [0.717, 1.165) is 41.0 Å². The molecule has 0 spiro atoms. The number of para-hydroxylation sites is 2. The number of hydrogen-bond acceptors (Lipinski definition) is 2. The van der Waals surface area contributed by atoms with Crippen LogP contribution < -0.4 is 4.90 Å². The van der Waals surface area contributed by atoms with Crippen molar-refractivity contribution in [3.63, 3.8) is 0 Å². The zero-order chi connectivity index (χ0) is 16.5. The van der Waals surface area contributed by atoms with Crippen molar-refractivity contribution >= 4 is 34.2 Å². The molecule has 1 amide bonds. The molecule has 1 unspecified atom stereocenters. The van der Waals surface area contributed by atoms with Gasteiger partial charge in [0.15, 0.2) is 0 Å². The topological polar surface area (TPSA) is 38.1 Å². The molecular formula is C19H16ClN3O. The lowest BCUT2D eigenvalue weighted by molar-refractivity contribution is -0.122. The normalized spacial score (nSPS) is 22.2. The van der Waals surface area contributed by atoms with Crippen molar-refractivity contribution < 1.29 is 4.79 Å². The van der Waals surface area contributed by atoms with Crippen LogP contribution in [0.1, 0.15) is 26.2 Å². The van der Waals surface area contributed by atoms with Gasteiger partial charge in [0.25, 0.3) is 0 Å². The summed E-state index contributed by atoms with van der Waals surface area (Å²) in [7, 11) is 0. The molecule has 0 aliphatic carbocycles. The van der Waals surface area contributed by atoms with Crippen molar-refractivity contribution in [1.29, 1.82) is 0 Å². The highest BCUT2D eigenvalue weighted by atomic mass is 35.5. The van der Waals surface area contributed by atoms with Crippen LogP contribution >= 0.6 is 11.6 Å². The molecule has 2 aromatic carbocycles. The van der Waals surface area contributed by atoms with Crippen LogP contribution in [-0.4, -0.2) is 15.5 Å². The van der Waals surface area contributed by atoms with Gasteiger partial charge in [-0.05, 0) is 50.1 Å². The minimum Gasteiger partial charge on any atom is -0.300 e. The lowest BCUT2D eigenvalue weighted by Gasteiger charge is -2.49. The van der Waals surface area contributed by atoms with E-state index in [2.05, 4.69) is 17.6 Å². The van der Waals surface area contributed by atoms with Crippen molar-refractivity contribution in [3.8, 4) is 11.4 Å². The molecule has 5 rings (SSSR count). The lowest BCUT2D eigenvalue weighted by atomic mass is 9.90. The summed E-state index contributed by atoms with van der Waals surface area (Å²) in [6.07, 6.45) is 2.36. The van der Waals surface area contributed by atoms with Crippen LogP contribution in [0.2, 0.25) is 5.02 Å². The molecule has 2 aliphatic heterocycles. The van der Waals surface area contributed by atoms with Crippen LogP contribution in [0, 0.1) is 0 Å². The summed E-state index contributed by atoms with van der Waals surface area (Å²) in [4.78, 5) is 19.6. The van der Waals surface area contributed by atoms with E-state index >= 15 is 0 Å². The molecule has 3 heterocycles. The van der Waals surface area contributed by atoms with Gasteiger partial charge in [-0.1, -0.05) is 23.7 Å². The minimum absolute atomic E-state index is 0.149. The zero-order valence-corrected chi connectivity index (χ0v) is 14.0. The average Bonchev–Trinajstić information content (AvgIpc) is 2.95. The maximum absolute atomic E-state index is 12.8. The molecule has 5 heteroatoms. The van der Waals surface area contributed by atoms with Crippen molar-refractivity contribution in [2.75, 3.05) is 4.90 Å². The van der Waals surface area contributed by atoms with Gasteiger partial charge in [-0.25, -0.2) is 4.98 Å². The number of hydrogen-bond donors (Lipinski definition) is 0. The minimum atomic E-state index is -0.446. The van der Waals surface area contributed by atoms with E-state index in [-0.39, 0.29) is 5.91 Å². The Kier molecular flexibility index (Phi) is 2.70.